The standard InChI is InChI=1S/C12H21N3OS/c1-3-10-5-15-12(17-10)6-14-4-9-7-16-8-11(9)13-2/h5,9,11,13-14H,3-4,6-8H2,1-2H3. The Morgan fingerprint density at radius 1 is 1.53 bits per heavy atom. The Morgan fingerprint density at radius 2 is 2.41 bits per heavy atom. The molecule has 0 bridgehead atoms. The van der Waals surface area contributed by atoms with E-state index in [9.17, 15) is 0 Å². The maximum absolute atomic E-state index is 5.47. The first-order chi connectivity index (χ1) is 8.33. The molecule has 2 N–H and O–H groups in total. The number of likely N-dealkylation sites (N-methyl/N-ethyl adjacent to an activating group) is 1. The molecule has 1 aromatic heterocycles. The minimum absolute atomic E-state index is 0.491. The lowest BCUT2D eigenvalue weighted by atomic mass is 10.0. The van der Waals surface area contributed by atoms with Crippen LogP contribution in [-0.4, -0.2) is 37.8 Å². The molecule has 2 unspecified atom stereocenters. The van der Waals surface area contributed by atoms with Gasteiger partial charge in [0, 0.05) is 36.1 Å². The fraction of sp³-hybridized carbons (Fsp3) is 0.750. The van der Waals surface area contributed by atoms with Gasteiger partial charge >= 0.3 is 0 Å². The zero-order valence-electron chi connectivity index (χ0n) is 10.5. The summed E-state index contributed by atoms with van der Waals surface area (Å²) in [4.78, 5) is 5.76. The van der Waals surface area contributed by atoms with Crippen LogP contribution in [0.4, 0.5) is 0 Å². The van der Waals surface area contributed by atoms with Crippen LogP contribution in [0, 0.1) is 5.92 Å². The lowest BCUT2D eigenvalue weighted by molar-refractivity contribution is 0.182. The summed E-state index contributed by atoms with van der Waals surface area (Å²) in [5.41, 5.74) is 0. The van der Waals surface area contributed by atoms with Crippen molar-refractivity contribution in [2.45, 2.75) is 25.9 Å². The molecule has 0 saturated carbocycles. The molecule has 0 spiro atoms. The summed E-state index contributed by atoms with van der Waals surface area (Å²) < 4.78 is 5.47. The first-order valence-corrected chi connectivity index (χ1v) is 7.04. The summed E-state index contributed by atoms with van der Waals surface area (Å²) in [7, 11) is 2.00. The minimum atomic E-state index is 0.491. The molecule has 0 radical (unpaired) electrons. The molecule has 5 heteroatoms. The summed E-state index contributed by atoms with van der Waals surface area (Å²) in [5.74, 6) is 0.575. The van der Waals surface area contributed by atoms with Gasteiger partial charge in [0.05, 0.1) is 13.2 Å². The number of hydrogen-bond donors (Lipinski definition) is 2. The van der Waals surface area contributed by atoms with Gasteiger partial charge in [0.2, 0.25) is 0 Å². The monoisotopic (exact) mass is 255 g/mol. The quantitative estimate of drug-likeness (QED) is 0.797. The van der Waals surface area contributed by atoms with Crippen LogP contribution in [0.25, 0.3) is 0 Å². The normalized spacial score (nSPS) is 24.4. The Labute approximate surface area is 107 Å². The van der Waals surface area contributed by atoms with Gasteiger partial charge in [-0.05, 0) is 13.5 Å². The molecule has 2 atom stereocenters. The molecule has 0 aromatic carbocycles. The summed E-state index contributed by atoms with van der Waals surface area (Å²) in [5, 5.41) is 7.95. The first-order valence-electron chi connectivity index (χ1n) is 6.22. The molecule has 1 saturated heterocycles. The zero-order chi connectivity index (χ0) is 12.1. The van der Waals surface area contributed by atoms with E-state index in [0.29, 0.717) is 12.0 Å². The lowest BCUT2D eigenvalue weighted by Crippen LogP contribution is -2.38. The van der Waals surface area contributed by atoms with Gasteiger partial charge in [0.15, 0.2) is 0 Å². The molecule has 2 rings (SSSR count). The summed E-state index contributed by atoms with van der Waals surface area (Å²) >= 11 is 1.80. The highest BCUT2D eigenvalue weighted by Crippen LogP contribution is 2.14. The lowest BCUT2D eigenvalue weighted by Gasteiger charge is -2.16. The van der Waals surface area contributed by atoms with E-state index in [1.54, 1.807) is 11.3 Å². The van der Waals surface area contributed by atoms with E-state index in [4.69, 9.17) is 4.74 Å². The molecule has 1 fully saturated rings. The topological polar surface area (TPSA) is 46.2 Å². The van der Waals surface area contributed by atoms with Crippen LogP contribution < -0.4 is 10.6 Å². The SMILES string of the molecule is CCc1cnc(CNCC2COCC2NC)s1. The molecule has 1 aromatic rings. The molecule has 17 heavy (non-hydrogen) atoms. The Balaban J connectivity index is 1.72. The van der Waals surface area contributed by atoms with E-state index < -0.39 is 0 Å². The average molecular weight is 255 g/mol. The van der Waals surface area contributed by atoms with E-state index in [2.05, 4.69) is 22.5 Å². The number of thiazole rings is 1. The van der Waals surface area contributed by atoms with Crippen LogP contribution in [0.3, 0.4) is 0 Å². The summed E-state index contributed by atoms with van der Waals surface area (Å²) in [6.45, 7) is 5.72. The second kappa shape index (κ2) is 6.44. The van der Waals surface area contributed by atoms with Crippen LogP contribution in [0.15, 0.2) is 6.20 Å². The predicted octanol–water partition coefficient (Wildman–Crippen LogP) is 1.03. The smallest absolute Gasteiger partial charge is 0.107 e. The van der Waals surface area contributed by atoms with E-state index in [1.165, 1.54) is 9.88 Å². The first kappa shape index (κ1) is 13.0. The average Bonchev–Trinajstić information content (AvgIpc) is 2.97. The van der Waals surface area contributed by atoms with Gasteiger partial charge in [-0.1, -0.05) is 6.92 Å². The molecule has 2 heterocycles. The maximum Gasteiger partial charge on any atom is 0.107 e. The van der Waals surface area contributed by atoms with Gasteiger partial charge in [-0.15, -0.1) is 11.3 Å². The molecule has 4 nitrogen and oxygen atoms in total. The number of nitrogens with zero attached hydrogens (tertiary/aromatic N) is 1. The Bertz CT molecular complexity index is 342. The van der Waals surface area contributed by atoms with Crippen molar-refractivity contribution in [1.82, 2.24) is 15.6 Å². The van der Waals surface area contributed by atoms with Crippen molar-refractivity contribution < 1.29 is 4.74 Å². The van der Waals surface area contributed by atoms with E-state index in [0.717, 1.165) is 32.7 Å². The molecular weight excluding hydrogens is 234 g/mol. The number of nitrogens with one attached hydrogen (secondary N) is 2. The van der Waals surface area contributed by atoms with Gasteiger partial charge in [-0.3, -0.25) is 0 Å². The molecule has 96 valence electrons. The van der Waals surface area contributed by atoms with Crippen molar-refractivity contribution >= 4 is 11.3 Å². The van der Waals surface area contributed by atoms with Crippen molar-refractivity contribution in [2.24, 2.45) is 5.92 Å². The van der Waals surface area contributed by atoms with Crippen LogP contribution in [0.2, 0.25) is 0 Å². The zero-order valence-corrected chi connectivity index (χ0v) is 11.3. The van der Waals surface area contributed by atoms with Gasteiger partial charge in [0.25, 0.3) is 0 Å². The fourth-order valence-electron chi connectivity index (χ4n) is 2.08. The van der Waals surface area contributed by atoms with Gasteiger partial charge in [0.1, 0.15) is 5.01 Å². The second-order valence-corrected chi connectivity index (χ2v) is 5.60. The van der Waals surface area contributed by atoms with E-state index in [-0.39, 0.29) is 0 Å². The summed E-state index contributed by atoms with van der Waals surface area (Å²) in [6.07, 6.45) is 3.06. The van der Waals surface area contributed by atoms with Crippen LogP contribution in [0.1, 0.15) is 16.8 Å². The van der Waals surface area contributed by atoms with Crippen LogP contribution >= 0.6 is 11.3 Å². The number of aromatic nitrogens is 1. The number of aryl methyl sites for hydroxylation is 1. The van der Waals surface area contributed by atoms with Crippen LogP contribution in [0.5, 0.6) is 0 Å². The van der Waals surface area contributed by atoms with Crippen molar-refractivity contribution in [3.63, 3.8) is 0 Å². The molecule has 0 amide bonds. The van der Waals surface area contributed by atoms with Crippen LogP contribution in [-0.2, 0) is 17.7 Å². The predicted molar refractivity (Wildman–Crippen MR) is 70.4 cm³/mol. The van der Waals surface area contributed by atoms with Crippen molar-refractivity contribution in [3.8, 4) is 0 Å². The van der Waals surface area contributed by atoms with Crippen molar-refractivity contribution in [3.05, 3.63) is 16.1 Å². The van der Waals surface area contributed by atoms with E-state index >= 15 is 0 Å². The van der Waals surface area contributed by atoms with Crippen molar-refractivity contribution in [2.75, 3.05) is 26.8 Å². The Kier molecular flexibility index (Phi) is 4.91. The Morgan fingerprint density at radius 3 is 3.12 bits per heavy atom. The molecule has 0 aliphatic carbocycles. The third-order valence-electron chi connectivity index (χ3n) is 3.20. The second-order valence-electron chi connectivity index (χ2n) is 4.40. The number of ether oxygens (including phenoxy) is 1. The highest BCUT2D eigenvalue weighted by atomic mass is 32.1. The third-order valence-corrected chi connectivity index (χ3v) is 4.34. The number of rotatable bonds is 6. The Hall–Kier alpha value is -0.490. The molecular formula is C12H21N3OS. The van der Waals surface area contributed by atoms with E-state index in [1.807, 2.05) is 13.2 Å². The molecule has 1 aliphatic heterocycles. The maximum atomic E-state index is 5.47. The van der Waals surface area contributed by atoms with Gasteiger partial charge in [-0.25, -0.2) is 4.98 Å². The minimum Gasteiger partial charge on any atom is -0.379 e. The number of hydrogen-bond acceptors (Lipinski definition) is 5. The largest absolute Gasteiger partial charge is 0.379 e. The molecule has 1 aliphatic rings. The summed E-state index contributed by atoms with van der Waals surface area (Å²) in [6, 6.07) is 0.491. The highest BCUT2D eigenvalue weighted by Gasteiger charge is 2.26. The van der Waals surface area contributed by atoms with Crippen molar-refractivity contribution in [1.29, 1.82) is 0 Å². The van der Waals surface area contributed by atoms with Gasteiger partial charge < -0.3 is 15.4 Å². The highest BCUT2D eigenvalue weighted by molar-refractivity contribution is 7.11. The van der Waals surface area contributed by atoms with Gasteiger partial charge in [-0.2, -0.15) is 0 Å². The third kappa shape index (κ3) is 3.48. The fourth-order valence-corrected chi connectivity index (χ4v) is 2.91.